The van der Waals surface area contributed by atoms with Gasteiger partial charge in [0.1, 0.15) is 0 Å². The van der Waals surface area contributed by atoms with Gasteiger partial charge in [0.2, 0.25) is 0 Å². The standard InChI is InChI=1S/C16H30O2.ClH/c1-2-3-4-5-6-7-8-9-10-11-12-13-14-15-16(17)18;/h7-8H,2-6,9-15H2,1H3,(H,17,18);1H/b8-7-;. The summed E-state index contributed by atoms with van der Waals surface area (Å²) in [7, 11) is 0. The molecule has 0 aliphatic rings. The number of halogens is 1. The molecule has 1 N–H and O–H groups in total. The van der Waals surface area contributed by atoms with Gasteiger partial charge in [0.15, 0.2) is 0 Å². The fourth-order valence-corrected chi connectivity index (χ4v) is 1.99. The number of carboxylic acids is 1. The molecule has 0 atom stereocenters. The van der Waals surface area contributed by atoms with Crippen molar-refractivity contribution in [1.29, 1.82) is 0 Å². The van der Waals surface area contributed by atoms with E-state index in [2.05, 4.69) is 19.1 Å². The van der Waals surface area contributed by atoms with Crippen molar-refractivity contribution < 1.29 is 9.90 Å². The van der Waals surface area contributed by atoms with Crippen molar-refractivity contribution >= 4 is 18.4 Å². The average molecular weight is 291 g/mol. The zero-order valence-corrected chi connectivity index (χ0v) is 13.2. The van der Waals surface area contributed by atoms with Crippen LogP contribution in [0.4, 0.5) is 0 Å². The van der Waals surface area contributed by atoms with E-state index in [-0.39, 0.29) is 12.4 Å². The zero-order chi connectivity index (χ0) is 13.5. The van der Waals surface area contributed by atoms with E-state index in [1.165, 1.54) is 57.8 Å². The normalized spacial score (nSPS) is 10.6. The molecular formula is C16H31ClO2. The summed E-state index contributed by atoms with van der Waals surface area (Å²) in [5, 5.41) is 8.48. The molecule has 0 heterocycles. The molecule has 114 valence electrons. The second-order valence-corrected chi connectivity index (χ2v) is 5.02. The van der Waals surface area contributed by atoms with E-state index >= 15 is 0 Å². The summed E-state index contributed by atoms with van der Waals surface area (Å²) in [6, 6.07) is 0. The van der Waals surface area contributed by atoms with Gasteiger partial charge >= 0.3 is 5.97 Å². The number of carbonyl (C=O) groups is 1. The molecule has 0 rings (SSSR count). The van der Waals surface area contributed by atoms with E-state index in [1.807, 2.05) is 0 Å². The van der Waals surface area contributed by atoms with Gasteiger partial charge in [-0.25, -0.2) is 0 Å². The van der Waals surface area contributed by atoms with Gasteiger partial charge in [0, 0.05) is 6.42 Å². The van der Waals surface area contributed by atoms with Crippen molar-refractivity contribution in [1.82, 2.24) is 0 Å². The van der Waals surface area contributed by atoms with Crippen molar-refractivity contribution in [2.24, 2.45) is 0 Å². The average Bonchev–Trinajstić information content (AvgIpc) is 2.34. The zero-order valence-electron chi connectivity index (χ0n) is 12.4. The van der Waals surface area contributed by atoms with Crippen LogP contribution in [0, 0.1) is 0 Å². The lowest BCUT2D eigenvalue weighted by Crippen LogP contribution is -1.93. The summed E-state index contributed by atoms with van der Waals surface area (Å²) in [6.07, 6.45) is 18.3. The molecule has 0 aromatic carbocycles. The topological polar surface area (TPSA) is 37.3 Å². The van der Waals surface area contributed by atoms with Crippen LogP contribution in [0.5, 0.6) is 0 Å². The molecule has 0 fully saturated rings. The maximum atomic E-state index is 10.3. The quantitative estimate of drug-likeness (QED) is 0.346. The van der Waals surface area contributed by atoms with Crippen LogP contribution in [0.1, 0.15) is 84.0 Å². The van der Waals surface area contributed by atoms with Gasteiger partial charge in [0.25, 0.3) is 0 Å². The van der Waals surface area contributed by atoms with Crippen LogP contribution in [0.3, 0.4) is 0 Å². The minimum Gasteiger partial charge on any atom is -0.481 e. The third-order valence-electron chi connectivity index (χ3n) is 3.15. The maximum absolute atomic E-state index is 10.3. The molecule has 0 saturated carbocycles. The van der Waals surface area contributed by atoms with Gasteiger partial charge in [-0.15, -0.1) is 12.4 Å². The van der Waals surface area contributed by atoms with E-state index in [1.54, 1.807) is 0 Å². The van der Waals surface area contributed by atoms with Crippen molar-refractivity contribution in [3.8, 4) is 0 Å². The third-order valence-corrected chi connectivity index (χ3v) is 3.15. The lowest BCUT2D eigenvalue weighted by molar-refractivity contribution is -0.137. The first-order chi connectivity index (χ1) is 8.77. The molecule has 0 aromatic heterocycles. The van der Waals surface area contributed by atoms with Crippen LogP contribution in [0.25, 0.3) is 0 Å². The predicted molar refractivity (Wildman–Crippen MR) is 85.1 cm³/mol. The Kier molecular flexibility index (Phi) is 19.2. The maximum Gasteiger partial charge on any atom is 0.303 e. The van der Waals surface area contributed by atoms with E-state index in [4.69, 9.17) is 5.11 Å². The minimum absolute atomic E-state index is 0. The number of carboxylic acid groups (broad SMARTS) is 1. The Labute approximate surface area is 125 Å². The number of rotatable bonds is 13. The molecule has 0 aliphatic heterocycles. The molecule has 0 radical (unpaired) electrons. The van der Waals surface area contributed by atoms with Gasteiger partial charge in [-0.05, 0) is 32.1 Å². The summed E-state index contributed by atoms with van der Waals surface area (Å²) in [6.45, 7) is 2.24. The lowest BCUT2D eigenvalue weighted by atomic mass is 10.1. The largest absolute Gasteiger partial charge is 0.481 e. The first-order valence-electron chi connectivity index (χ1n) is 7.64. The number of unbranched alkanes of at least 4 members (excludes halogenated alkanes) is 9. The molecular weight excluding hydrogens is 260 g/mol. The molecule has 19 heavy (non-hydrogen) atoms. The van der Waals surface area contributed by atoms with Gasteiger partial charge in [-0.2, -0.15) is 0 Å². The number of hydrogen-bond acceptors (Lipinski definition) is 1. The Morgan fingerprint density at radius 2 is 1.32 bits per heavy atom. The van der Waals surface area contributed by atoms with E-state index < -0.39 is 5.97 Å². The highest BCUT2D eigenvalue weighted by atomic mass is 35.5. The van der Waals surface area contributed by atoms with Crippen LogP contribution in [-0.2, 0) is 4.79 Å². The molecule has 0 unspecified atom stereocenters. The first kappa shape index (κ1) is 20.8. The number of hydrogen-bond donors (Lipinski definition) is 1. The van der Waals surface area contributed by atoms with Crippen molar-refractivity contribution in [3.63, 3.8) is 0 Å². The van der Waals surface area contributed by atoms with Crippen LogP contribution >= 0.6 is 12.4 Å². The molecule has 0 amide bonds. The fourth-order valence-electron chi connectivity index (χ4n) is 1.99. The van der Waals surface area contributed by atoms with Crippen molar-refractivity contribution in [3.05, 3.63) is 12.2 Å². The fraction of sp³-hybridized carbons (Fsp3) is 0.812. The van der Waals surface area contributed by atoms with E-state index in [9.17, 15) is 4.79 Å². The Bertz CT molecular complexity index is 215. The van der Waals surface area contributed by atoms with Crippen LogP contribution in [0.15, 0.2) is 12.2 Å². The smallest absolute Gasteiger partial charge is 0.303 e. The molecule has 0 aromatic rings. The predicted octanol–water partition coefficient (Wildman–Crippen LogP) is 5.75. The Morgan fingerprint density at radius 3 is 1.84 bits per heavy atom. The summed E-state index contributed by atoms with van der Waals surface area (Å²) >= 11 is 0. The molecule has 2 nitrogen and oxygen atoms in total. The van der Waals surface area contributed by atoms with E-state index in [0.717, 1.165) is 12.8 Å². The minimum atomic E-state index is -0.666. The van der Waals surface area contributed by atoms with Crippen molar-refractivity contribution in [2.45, 2.75) is 84.0 Å². The monoisotopic (exact) mass is 290 g/mol. The van der Waals surface area contributed by atoms with Gasteiger partial charge < -0.3 is 5.11 Å². The number of aliphatic carboxylic acids is 1. The summed E-state index contributed by atoms with van der Waals surface area (Å²) < 4.78 is 0. The third kappa shape index (κ3) is 20.0. The van der Waals surface area contributed by atoms with Crippen LogP contribution in [0.2, 0.25) is 0 Å². The summed E-state index contributed by atoms with van der Waals surface area (Å²) in [5.41, 5.74) is 0. The molecule has 0 spiro atoms. The second kappa shape index (κ2) is 17.5. The lowest BCUT2D eigenvalue weighted by Gasteiger charge is -1.98. The van der Waals surface area contributed by atoms with Crippen LogP contribution in [-0.4, -0.2) is 11.1 Å². The highest BCUT2D eigenvalue weighted by Crippen LogP contribution is 2.08. The highest BCUT2D eigenvalue weighted by Gasteiger charge is 1.95. The summed E-state index contributed by atoms with van der Waals surface area (Å²) in [4.78, 5) is 10.3. The first-order valence-corrected chi connectivity index (χ1v) is 7.64. The van der Waals surface area contributed by atoms with Crippen LogP contribution < -0.4 is 0 Å². The Hall–Kier alpha value is -0.500. The molecule has 0 saturated heterocycles. The van der Waals surface area contributed by atoms with Crippen molar-refractivity contribution in [2.75, 3.05) is 0 Å². The van der Waals surface area contributed by atoms with Gasteiger partial charge in [0.05, 0.1) is 0 Å². The summed E-state index contributed by atoms with van der Waals surface area (Å²) in [5.74, 6) is -0.666. The molecule has 3 heteroatoms. The number of allylic oxidation sites excluding steroid dienone is 2. The van der Waals surface area contributed by atoms with Gasteiger partial charge in [-0.1, -0.05) is 57.6 Å². The SMILES string of the molecule is CCCCCC/C=C\CCCCCCCC(=O)O.Cl. The Morgan fingerprint density at radius 1 is 0.842 bits per heavy atom. The molecule has 0 bridgehead atoms. The highest BCUT2D eigenvalue weighted by molar-refractivity contribution is 5.85. The molecule has 0 aliphatic carbocycles. The van der Waals surface area contributed by atoms with E-state index in [0.29, 0.717) is 6.42 Å². The van der Waals surface area contributed by atoms with Gasteiger partial charge in [-0.3, -0.25) is 4.79 Å². The Balaban J connectivity index is 0. The second-order valence-electron chi connectivity index (χ2n) is 5.02.